The molecular weight excluding hydrogens is 188 g/mol. The third-order valence-electron chi connectivity index (χ3n) is 1.88. The van der Waals surface area contributed by atoms with E-state index in [1.807, 2.05) is 11.8 Å². The fourth-order valence-electron chi connectivity index (χ4n) is 1.07. The average molecular weight is 204 g/mol. The Hall–Kier alpha value is -0.380. The molecule has 3 nitrogen and oxygen atoms in total. The highest BCUT2D eigenvalue weighted by Gasteiger charge is 2.23. The van der Waals surface area contributed by atoms with E-state index in [1.165, 1.54) is 18.6 Å². The van der Waals surface area contributed by atoms with Gasteiger partial charge in [-0.25, -0.2) is 4.79 Å². The van der Waals surface area contributed by atoms with Crippen LogP contribution in [0.4, 0.5) is 4.79 Å². The molecule has 76 valence electrons. The molecule has 1 saturated heterocycles. The largest absolute Gasteiger partial charge is 0.508 e. The molecular formula is C9H16O3S. The van der Waals surface area contributed by atoms with Gasteiger partial charge in [0.15, 0.2) is 0 Å². The van der Waals surface area contributed by atoms with Crippen LogP contribution >= 0.6 is 11.8 Å². The molecule has 4 heteroatoms. The van der Waals surface area contributed by atoms with Crippen molar-refractivity contribution in [3.63, 3.8) is 0 Å². The lowest BCUT2D eigenvalue weighted by atomic mass is 10.3. The topological polar surface area (TPSA) is 35.5 Å². The van der Waals surface area contributed by atoms with Crippen LogP contribution in [0.15, 0.2) is 0 Å². The average Bonchev–Trinajstić information content (AvgIpc) is 2.51. The van der Waals surface area contributed by atoms with Gasteiger partial charge in [0.1, 0.15) is 12.7 Å². The Balaban J connectivity index is 1.91. The van der Waals surface area contributed by atoms with E-state index < -0.39 is 6.16 Å². The minimum atomic E-state index is -0.511. The van der Waals surface area contributed by atoms with Gasteiger partial charge in [-0.1, -0.05) is 13.3 Å². The number of hydrogen-bond donors (Lipinski definition) is 0. The smallest absolute Gasteiger partial charge is 0.430 e. The van der Waals surface area contributed by atoms with E-state index in [0.717, 1.165) is 12.2 Å². The van der Waals surface area contributed by atoms with Crippen molar-refractivity contribution in [1.82, 2.24) is 0 Å². The number of cyclic esters (lactones) is 2. The molecule has 0 amide bonds. The quantitative estimate of drug-likeness (QED) is 0.492. The number of unbranched alkanes of at least 4 members (excludes halogenated alkanes) is 1. The van der Waals surface area contributed by atoms with Crippen LogP contribution in [0.1, 0.15) is 26.2 Å². The van der Waals surface area contributed by atoms with Crippen LogP contribution in [0.25, 0.3) is 0 Å². The molecule has 0 radical (unpaired) electrons. The molecule has 1 fully saturated rings. The standard InChI is InChI=1S/C9H16O3S/c1-2-3-5-13-6-4-8-7-11-9(10)12-8/h8H,2-7H2,1H3. The second-order valence-corrected chi connectivity index (χ2v) is 4.28. The first-order chi connectivity index (χ1) is 6.33. The van der Waals surface area contributed by atoms with Crippen molar-refractivity contribution < 1.29 is 14.3 Å². The van der Waals surface area contributed by atoms with Crippen LogP contribution in [0.5, 0.6) is 0 Å². The third-order valence-corrected chi connectivity index (χ3v) is 2.98. The van der Waals surface area contributed by atoms with Crippen LogP contribution in [-0.2, 0) is 9.47 Å². The van der Waals surface area contributed by atoms with Gasteiger partial charge >= 0.3 is 6.16 Å². The third kappa shape index (κ3) is 4.41. The Kier molecular flexibility index (Phi) is 5.05. The van der Waals surface area contributed by atoms with Gasteiger partial charge in [-0.15, -0.1) is 0 Å². The first kappa shape index (κ1) is 10.7. The van der Waals surface area contributed by atoms with Gasteiger partial charge in [-0.05, 0) is 24.3 Å². The molecule has 0 bridgehead atoms. The lowest BCUT2D eigenvalue weighted by Gasteiger charge is -2.04. The summed E-state index contributed by atoms with van der Waals surface area (Å²) in [7, 11) is 0. The molecule has 1 rings (SSSR count). The maximum atomic E-state index is 10.5. The highest BCUT2D eigenvalue weighted by molar-refractivity contribution is 7.99. The molecule has 0 N–H and O–H groups in total. The molecule has 13 heavy (non-hydrogen) atoms. The van der Waals surface area contributed by atoms with Crippen molar-refractivity contribution in [2.24, 2.45) is 0 Å². The summed E-state index contributed by atoms with van der Waals surface area (Å²) < 4.78 is 9.57. The van der Waals surface area contributed by atoms with Gasteiger partial charge in [0.2, 0.25) is 0 Å². The number of ether oxygens (including phenoxy) is 2. The molecule has 1 heterocycles. The summed E-state index contributed by atoms with van der Waals surface area (Å²) in [5, 5.41) is 0. The van der Waals surface area contributed by atoms with Crippen molar-refractivity contribution in [2.75, 3.05) is 18.1 Å². The SMILES string of the molecule is CCCCSCCC1COC(=O)O1. The predicted octanol–water partition coefficient (Wildman–Crippen LogP) is 2.45. The van der Waals surface area contributed by atoms with E-state index in [2.05, 4.69) is 11.7 Å². The zero-order valence-corrected chi connectivity index (χ0v) is 8.77. The van der Waals surface area contributed by atoms with E-state index in [4.69, 9.17) is 4.74 Å². The summed E-state index contributed by atoms with van der Waals surface area (Å²) in [5.41, 5.74) is 0. The van der Waals surface area contributed by atoms with Crippen LogP contribution in [0, 0.1) is 0 Å². The van der Waals surface area contributed by atoms with Gasteiger partial charge in [0.25, 0.3) is 0 Å². The number of rotatable bonds is 6. The van der Waals surface area contributed by atoms with Gasteiger partial charge in [0, 0.05) is 0 Å². The molecule has 1 atom stereocenters. The van der Waals surface area contributed by atoms with Crippen molar-refractivity contribution in [3.8, 4) is 0 Å². The minimum Gasteiger partial charge on any atom is -0.430 e. The zero-order chi connectivity index (χ0) is 9.52. The van der Waals surface area contributed by atoms with Gasteiger partial charge in [-0.2, -0.15) is 11.8 Å². The Morgan fingerprint density at radius 1 is 1.54 bits per heavy atom. The van der Waals surface area contributed by atoms with Crippen LogP contribution in [-0.4, -0.2) is 30.4 Å². The van der Waals surface area contributed by atoms with E-state index in [1.54, 1.807) is 0 Å². The maximum Gasteiger partial charge on any atom is 0.508 e. The summed E-state index contributed by atoms with van der Waals surface area (Å²) in [6.07, 6.45) is 2.92. The maximum absolute atomic E-state index is 10.5. The van der Waals surface area contributed by atoms with Crippen molar-refractivity contribution in [1.29, 1.82) is 0 Å². The monoisotopic (exact) mass is 204 g/mol. The molecule has 0 aromatic heterocycles. The molecule has 0 saturated carbocycles. The Morgan fingerprint density at radius 2 is 2.38 bits per heavy atom. The minimum absolute atomic E-state index is 0.00151. The molecule has 0 aliphatic carbocycles. The fourth-order valence-corrected chi connectivity index (χ4v) is 2.20. The summed E-state index contributed by atoms with van der Waals surface area (Å²) in [6, 6.07) is 0. The lowest BCUT2D eigenvalue weighted by molar-refractivity contribution is 0.117. The summed E-state index contributed by atoms with van der Waals surface area (Å²) in [4.78, 5) is 10.5. The zero-order valence-electron chi connectivity index (χ0n) is 7.95. The van der Waals surface area contributed by atoms with E-state index in [0.29, 0.717) is 6.61 Å². The summed E-state index contributed by atoms with van der Waals surface area (Å²) in [6.45, 7) is 2.63. The first-order valence-corrected chi connectivity index (χ1v) is 5.89. The normalized spacial score (nSPS) is 21.3. The highest BCUT2D eigenvalue weighted by atomic mass is 32.2. The molecule has 0 aromatic rings. The van der Waals surface area contributed by atoms with Crippen LogP contribution < -0.4 is 0 Å². The highest BCUT2D eigenvalue weighted by Crippen LogP contribution is 2.14. The Labute approximate surface area is 83.2 Å². The number of carbonyl (C=O) groups excluding carboxylic acids is 1. The van der Waals surface area contributed by atoms with E-state index in [9.17, 15) is 4.79 Å². The Morgan fingerprint density at radius 3 is 3.00 bits per heavy atom. The van der Waals surface area contributed by atoms with E-state index in [-0.39, 0.29) is 6.10 Å². The van der Waals surface area contributed by atoms with Crippen LogP contribution in [0.3, 0.4) is 0 Å². The number of thioether (sulfide) groups is 1. The second-order valence-electron chi connectivity index (χ2n) is 3.06. The second kappa shape index (κ2) is 6.13. The Bertz CT molecular complexity index is 161. The predicted molar refractivity (Wildman–Crippen MR) is 53.1 cm³/mol. The molecule has 1 aliphatic heterocycles. The van der Waals surface area contributed by atoms with Gasteiger partial charge in [-0.3, -0.25) is 0 Å². The van der Waals surface area contributed by atoms with Crippen molar-refractivity contribution in [2.45, 2.75) is 32.3 Å². The van der Waals surface area contributed by atoms with Crippen molar-refractivity contribution in [3.05, 3.63) is 0 Å². The first-order valence-electron chi connectivity index (χ1n) is 4.74. The van der Waals surface area contributed by atoms with Crippen LogP contribution in [0.2, 0.25) is 0 Å². The molecule has 0 spiro atoms. The van der Waals surface area contributed by atoms with Gasteiger partial charge < -0.3 is 9.47 Å². The molecule has 1 aliphatic rings. The summed E-state index contributed by atoms with van der Waals surface area (Å²) >= 11 is 1.92. The van der Waals surface area contributed by atoms with Gasteiger partial charge in [0.05, 0.1) is 0 Å². The molecule has 1 unspecified atom stereocenters. The van der Waals surface area contributed by atoms with E-state index >= 15 is 0 Å². The summed E-state index contributed by atoms with van der Waals surface area (Å²) in [5.74, 6) is 2.26. The van der Waals surface area contributed by atoms with Crippen molar-refractivity contribution >= 4 is 17.9 Å². The fraction of sp³-hybridized carbons (Fsp3) is 0.889. The number of hydrogen-bond acceptors (Lipinski definition) is 4. The molecule has 0 aromatic carbocycles. The lowest BCUT2D eigenvalue weighted by Crippen LogP contribution is -2.10. The number of carbonyl (C=O) groups is 1.